The fourth-order valence-corrected chi connectivity index (χ4v) is 8.07. The molecule has 1 heterocycles. The average Bonchev–Trinajstić information content (AvgIpc) is 3.81. The Morgan fingerprint density at radius 2 is 0.578 bits per heavy atom. The highest BCUT2D eigenvalue weighted by molar-refractivity contribution is 5.84. The number of hydrogen-bond acceptors (Lipinski definition) is 5. The standard InChI is InChI=1S/C58H44N6/c1-7-19-45(20-8-1)31-44-57-59-60-58(64(57)51-29-17-6-18-30-51)46-32-34-52(35-33-46)63(55-40-36-53(37-41-55)61(47-21-9-2-10-22-47)48-23-11-3-12-24-48)56-42-38-54(39-43-56)62(49-25-13-4-14-26-49)50-27-15-5-16-28-50/h1-44H. The highest BCUT2D eigenvalue weighted by atomic mass is 15.3. The molecule has 10 rings (SSSR count). The smallest absolute Gasteiger partial charge is 0.168 e. The van der Waals surface area contributed by atoms with Gasteiger partial charge in [-0.05, 0) is 145 Å². The van der Waals surface area contributed by atoms with Crippen molar-refractivity contribution in [1.29, 1.82) is 0 Å². The molecule has 9 aromatic carbocycles. The predicted octanol–water partition coefficient (Wildman–Crippen LogP) is 15.5. The van der Waals surface area contributed by atoms with Gasteiger partial charge in [0.15, 0.2) is 11.6 Å². The third kappa shape index (κ3) is 8.44. The van der Waals surface area contributed by atoms with Gasteiger partial charge in [-0.3, -0.25) is 4.57 Å². The van der Waals surface area contributed by atoms with Crippen molar-refractivity contribution in [2.45, 2.75) is 0 Å². The Labute approximate surface area is 374 Å². The normalized spacial score (nSPS) is 11.1. The first kappa shape index (κ1) is 39.4. The van der Waals surface area contributed by atoms with E-state index in [0.717, 1.165) is 79.6 Å². The van der Waals surface area contributed by atoms with E-state index in [0.29, 0.717) is 0 Å². The van der Waals surface area contributed by atoms with Gasteiger partial charge in [0.2, 0.25) is 0 Å². The maximum absolute atomic E-state index is 4.76. The van der Waals surface area contributed by atoms with Crippen LogP contribution in [0.1, 0.15) is 11.4 Å². The monoisotopic (exact) mass is 824 g/mol. The van der Waals surface area contributed by atoms with E-state index in [1.54, 1.807) is 0 Å². The second-order valence-corrected chi connectivity index (χ2v) is 15.2. The van der Waals surface area contributed by atoms with Crippen molar-refractivity contribution < 1.29 is 0 Å². The van der Waals surface area contributed by atoms with E-state index in [-0.39, 0.29) is 0 Å². The van der Waals surface area contributed by atoms with Crippen LogP contribution >= 0.6 is 0 Å². The van der Waals surface area contributed by atoms with Gasteiger partial charge in [-0.15, -0.1) is 10.2 Å². The maximum Gasteiger partial charge on any atom is 0.168 e. The molecule has 0 radical (unpaired) electrons. The molecule has 306 valence electrons. The molecule has 0 aliphatic rings. The Hall–Kier alpha value is -8.74. The van der Waals surface area contributed by atoms with E-state index in [1.165, 1.54) is 0 Å². The molecule has 6 heteroatoms. The largest absolute Gasteiger partial charge is 0.311 e. The zero-order chi connectivity index (χ0) is 42.9. The van der Waals surface area contributed by atoms with E-state index in [2.05, 4.69) is 249 Å². The molecule has 0 atom stereocenters. The van der Waals surface area contributed by atoms with Gasteiger partial charge in [-0.1, -0.05) is 127 Å². The number of para-hydroxylation sites is 5. The van der Waals surface area contributed by atoms with Crippen molar-refractivity contribution in [1.82, 2.24) is 14.8 Å². The minimum atomic E-state index is 0.746. The van der Waals surface area contributed by atoms with Crippen LogP contribution in [0.15, 0.2) is 255 Å². The van der Waals surface area contributed by atoms with Crippen molar-refractivity contribution in [3.8, 4) is 17.1 Å². The summed E-state index contributed by atoms with van der Waals surface area (Å²) in [4.78, 5) is 6.87. The van der Waals surface area contributed by atoms with Gasteiger partial charge in [0.05, 0.1) is 0 Å². The summed E-state index contributed by atoms with van der Waals surface area (Å²) < 4.78 is 2.11. The highest BCUT2D eigenvalue weighted by Crippen LogP contribution is 2.41. The van der Waals surface area contributed by atoms with Crippen LogP contribution in [-0.2, 0) is 0 Å². The van der Waals surface area contributed by atoms with Crippen LogP contribution in [0.5, 0.6) is 0 Å². The van der Waals surface area contributed by atoms with Gasteiger partial charge < -0.3 is 14.7 Å². The molecule has 1 aromatic heterocycles. The molecule has 0 amide bonds. The fourth-order valence-electron chi connectivity index (χ4n) is 8.07. The zero-order valence-corrected chi connectivity index (χ0v) is 35.1. The number of rotatable bonds is 13. The van der Waals surface area contributed by atoms with Crippen molar-refractivity contribution in [3.63, 3.8) is 0 Å². The molecule has 0 N–H and O–H groups in total. The molecule has 0 saturated heterocycles. The van der Waals surface area contributed by atoms with Crippen molar-refractivity contribution >= 4 is 63.3 Å². The minimum Gasteiger partial charge on any atom is -0.311 e. The van der Waals surface area contributed by atoms with E-state index >= 15 is 0 Å². The zero-order valence-electron chi connectivity index (χ0n) is 35.1. The molecule has 0 spiro atoms. The Bertz CT molecular complexity index is 2840. The summed E-state index contributed by atoms with van der Waals surface area (Å²) in [7, 11) is 0. The maximum atomic E-state index is 4.76. The summed E-state index contributed by atoms with van der Waals surface area (Å²) in [6.45, 7) is 0. The lowest BCUT2D eigenvalue weighted by atomic mass is 10.1. The number of nitrogens with zero attached hydrogens (tertiary/aromatic N) is 6. The van der Waals surface area contributed by atoms with Gasteiger partial charge in [0.1, 0.15) is 0 Å². The van der Waals surface area contributed by atoms with Crippen LogP contribution in [0.25, 0.3) is 29.2 Å². The second-order valence-electron chi connectivity index (χ2n) is 15.2. The van der Waals surface area contributed by atoms with Crippen LogP contribution < -0.4 is 14.7 Å². The molecular weight excluding hydrogens is 781 g/mol. The van der Waals surface area contributed by atoms with E-state index < -0.39 is 0 Å². The van der Waals surface area contributed by atoms with Gasteiger partial charge in [0.25, 0.3) is 0 Å². The molecule has 0 bridgehead atoms. The topological polar surface area (TPSA) is 40.4 Å². The van der Waals surface area contributed by atoms with E-state index in [4.69, 9.17) is 5.10 Å². The molecular formula is C58H44N6. The Morgan fingerprint density at radius 1 is 0.281 bits per heavy atom. The predicted molar refractivity (Wildman–Crippen MR) is 266 cm³/mol. The molecule has 0 fully saturated rings. The Morgan fingerprint density at radius 3 is 0.938 bits per heavy atom. The van der Waals surface area contributed by atoms with Crippen LogP contribution in [0, 0.1) is 0 Å². The summed E-state index contributed by atoms with van der Waals surface area (Å²) in [6.07, 6.45) is 4.10. The summed E-state index contributed by atoms with van der Waals surface area (Å²) in [6, 6.07) is 88.7. The van der Waals surface area contributed by atoms with Crippen LogP contribution in [-0.4, -0.2) is 14.8 Å². The SMILES string of the molecule is C(=Cc1nnc(-c2ccc(N(c3ccc(N(c4ccccc4)c4ccccc4)cc3)c3ccc(N(c4ccccc4)c4ccccc4)cc3)cc2)n1-c1ccccc1)c1ccccc1. The van der Waals surface area contributed by atoms with Gasteiger partial charge in [0, 0.05) is 62.4 Å². The quantitative estimate of drug-likeness (QED) is 0.116. The Kier molecular flexibility index (Phi) is 11.4. The minimum absolute atomic E-state index is 0.746. The summed E-state index contributed by atoms with van der Waals surface area (Å²) in [5, 5.41) is 9.43. The lowest BCUT2D eigenvalue weighted by Gasteiger charge is -2.29. The number of hydrogen-bond donors (Lipinski definition) is 0. The lowest BCUT2D eigenvalue weighted by molar-refractivity contribution is 1.04. The van der Waals surface area contributed by atoms with Gasteiger partial charge in [-0.2, -0.15) is 0 Å². The molecule has 0 saturated carbocycles. The van der Waals surface area contributed by atoms with Crippen molar-refractivity contribution in [3.05, 3.63) is 266 Å². The van der Waals surface area contributed by atoms with Gasteiger partial charge in [-0.25, -0.2) is 0 Å². The van der Waals surface area contributed by atoms with Crippen LogP contribution in [0.4, 0.5) is 51.2 Å². The Balaban J connectivity index is 1.05. The third-order valence-electron chi connectivity index (χ3n) is 11.1. The first-order valence-electron chi connectivity index (χ1n) is 21.4. The third-order valence-corrected chi connectivity index (χ3v) is 11.1. The molecule has 0 unspecified atom stereocenters. The number of aromatic nitrogens is 3. The first-order chi connectivity index (χ1) is 31.8. The highest BCUT2D eigenvalue weighted by Gasteiger charge is 2.20. The summed E-state index contributed by atoms with van der Waals surface area (Å²) in [5.74, 6) is 1.51. The second kappa shape index (κ2) is 18.5. The molecule has 10 aromatic rings. The van der Waals surface area contributed by atoms with Crippen molar-refractivity contribution in [2.75, 3.05) is 14.7 Å². The molecule has 0 aliphatic carbocycles. The molecule has 0 aliphatic heterocycles. The number of anilines is 9. The van der Waals surface area contributed by atoms with E-state index in [9.17, 15) is 0 Å². The molecule has 6 nitrogen and oxygen atoms in total. The average molecular weight is 825 g/mol. The first-order valence-corrected chi connectivity index (χ1v) is 21.4. The molecule has 64 heavy (non-hydrogen) atoms. The van der Waals surface area contributed by atoms with Crippen LogP contribution in [0.2, 0.25) is 0 Å². The van der Waals surface area contributed by atoms with E-state index in [1.807, 2.05) is 42.5 Å². The van der Waals surface area contributed by atoms with Crippen LogP contribution in [0.3, 0.4) is 0 Å². The summed E-state index contributed by atoms with van der Waals surface area (Å²) >= 11 is 0. The van der Waals surface area contributed by atoms with Gasteiger partial charge >= 0.3 is 0 Å². The summed E-state index contributed by atoms with van der Waals surface area (Å²) in [5.41, 5.74) is 12.6. The lowest BCUT2D eigenvalue weighted by Crippen LogP contribution is -2.13. The van der Waals surface area contributed by atoms with Crippen molar-refractivity contribution in [2.24, 2.45) is 0 Å². The fraction of sp³-hybridized carbons (Fsp3) is 0. The number of benzene rings is 9.